The van der Waals surface area contributed by atoms with Crippen molar-refractivity contribution in [2.45, 2.75) is 109 Å². The number of aliphatic imine (C=N–C) groups is 1. The van der Waals surface area contributed by atoms with E-state index in [0.717, 1.165) is 0 Å². The lowest BCUT2D eigenvalue weighted by Gasteiger charge is -2.30. The molecule has 7 unspecified atom stereocenters. The number of nitrogens with one attached hydrogen (secondary N) is 5. The Bertz CT molecular complexity index is 1350. The highest BCUT2D eigenvalue weighted by molar-refractivity contribution is 7.80. The Morgan fingerprint density at radius 1 is 0.849 bits per heavy atom. The number of thiol groups is 1. The van der Waals surface area contributed by atoms with E-state index in [1.165, 1.54) is 4.90 Å². The van der Waals surface area contributed by atoms with Crippen molar-refractivity contribution in [1.82, 2.24) is 31.5 Å². The zero-order valence-electron chi connectivity index (χ0n) is 30.8. The second-order valence-electron chi connectivity index (χ2n) is 13.3. The molecule has 1 saturated heterocycles. The third kappa shape index (κ3) is 15.9. The summed E-state index contributed by atoms with van der Waals surface area (Å²) in [7, 11) is 0. The topological polar surface area (TPSA) is 337 Å². The minimum atomic E-state index is -1.59. The fraction of sp³-hybridized carbons (Fsp3) is 0.719. The number of hydrogen-bond donors (Lipinski definition) is 11. The van der Waals surface area contributed by atoms with Gasteiger partial charge in [-0.1, -0.05) is 34.1 Å². The smallest absolute Gasteiger partial charge is 0.326 e. The monoisotopic (exact) mass is 771 g/mol. The highest BCUT2D eigenvalue weighted by Crippen LogP contribution is 2.18. The first kappa shape index (κ1) is 46.4. The molecule has 1 fully saturated rings. The molecule has 0 aromatic rings. The van der Waals surface area contributed by atoms with E-state index >= 15 is 0 Å². The molecular weight excluding hydrogens is 714 g/mol. The minimum Gasteiger partial charge on any atom is -0.480 e. The molecule has 0 radical (unpaired) electrons. The van der Waals surface area contributed by atoms with Crippen molar-refractivity contribution >= 4 is 65.9 Å². The average molecular weight is 772 g/mol. The number of likely N-dealkylation sites (tertiary alicyclic amines) is 1. The van der Waals surface area contributed by atoms with Crippen molar-refractivity contribution in [1.29, 1.82) is 0 Å². The first-order chi connectivity index (χ1) is 24.9. The van der Waals surface area contributed by atoms with Crippen LogP contribution in [0, 0.1) is 11.8 Å². The third-order valence-corrected chi connectivity index (χ3v) is 8.96. The largest absolute Gasteiger partial charge is 0.480 e. The van der Waals surface area contributed by atoms with Gasteiger partial charge in [-0.25, -0.2) is 4.79 Å². The Labute approximate surface area is 314 Å². The van der Waals surface area contributed by atoms with Crippen LogP contribution in [-0.2, 0) is 38.4 Å². The van der Waals surface area contributed by atoms with E-state index in [4.69, 9.17) is 22.9 Å². The van der Waals surface area contributed by atoms with Crippen LogP contribution in [0.25, 0.3) is 0 Å². The summed E-state index contributed by atoms with van der Waals surface area (Å²) in [5, 5.41) is 22.2. The number of rotatable bonds is 23. The average Bonchev–Trinajstić information content (AvgIpc) is 3.59. The van der Waals surface area contributed by atoms with Gasteiger partial charge in [0.1, 0.15) is 36.3 Å². The van der Waals surface area contributed by atoms with Crippen molar-refractivity contribution in [3.63, 3.8) is 0 Å². The molecule has 1 heterocycles. The Morgan fingerprint density at radius 2 is 1.43 bits per heavy atom. The lowest BCUT2D eigenvalue weighted by molar-refractivity contribution is -0.142. The summed E-state index contributed by atoms with van der Waals surface area (Å²) in [6, 6.07) is -7.44. The van der Waals surface area contributed by atoms with E-state index in [1.807, 2.05) is 0 Å². The van der Waals surface area contributed by atoms with E-state index in [9.17, 15) is 43.5 Å². The number of carbonyl (C=O) groups excluding carboxylic acids is 7. The molecule has 20 nitrogen and oxygen atoms in total. The molecule has 1 aliphatic heterocycles. The van der Waals surface area contributed by atoms with Crippen LogP contribution in [0.4, 0.5) is 0 Å². The van der Waals surface area contributed by atoms with Crippen molar-refractivity contribution in [2.24, 2.45) is 39.8 Å². The molecule has 0 saturated carbocycles. The Hall–Kier alpha value is -4.66. The first-order valence-corrected chi connectivity index (χ1v) is 18.2. The van der Waals surface area contributed by atoms with Gasteiger partial charge in [-0.05, 0) is 43.9 Å². The summed E-state index contributed by atoms with van der Waals surface area (Å²) in [6.07, 6.45) is 0.901. The van der Waals surface area contributed by atoms with Crippen LogP contribution in [0.2, 0.25) is 0 Å². The maximum atomic E-state index is 13.7. The van der Waals surface area contributed by atoms with E-state index in [2.05, 4.69) is 44.2 Å². The quantitative estimate of drug-likeness (QED) is 0.0208. The van der Waals surface area contributed by atoms with Crippen LogP contribution in [-0.4, -0.2) is 125 Å². The van der Waals surface area contributed by atoms with E-state index < -0.39 is 95.9 Å². The predicted octanol–water partition coefficient (Wildman–Crippen LogP) is -3.60. The second kappa shape index (κ2) is 23.1. The van der Waals surface area contributed by atoms with Crippen LogP contribution in [0.5, 0.6) is 0 Å². The third-order valence-electron chi connectivity index (χ3n) is 8.60. The number of nitrogens with zero attached hydrogens (tertiary/aromatic N) is 2. The molecule has 7 atom stereocenters. The minimum absolute atomic E-state index is 0.0704. The predicted molar refractivity (Wildman–Crippen MR) is 198 cm³/mol. The molecule has 53 heavy (non-hydrogen) atoms. The number of aliphatic carboxylic acids is 1. The second-order valence-corrected chi connectivity index (χ2v) is 13.7. The van der Waals surface area contributed by atoms with Crippen LogP contribution in [0.15, 0.2) is 4.99 Å². The standard InChI is InChI=1S/C32H57N11O9S/c1-5-17(4)25(42-28(48)21(15-53)41-29(49)22-9-7-11-43(22)24(45)14-33)30(50)40-19(12-16(2)3)26(46)39-20(13-23(34)44)27(47)38-18(31(51)52)8-6-10-37-32(35)36/h16-22,25,53H,5-15,33H2,1-4H3,(H2,34,44)(H,38,47)(H,39,46)(H,40,50)(H,41,49)(H,42,48)(H,51,52)(H4,35,36,37). The van der Waals surface area contributed by atoms with Crippen molar-refractivity contribution in [3.8, 4) is 0 Å². The normalized spacial score (nSPS) is 17.3. The van der Waals surface area contributed by atoms with Gasteiger partial charge >= 0.3 is 5.97 Å². The maximum absolute atomic E-state index is 13.7. The van der Waals surface area contributed by atoms with Crippen molar-refractivity contribution in [2.75, 3.05) is 25.4 Å². The number of primary amides is 1. The SMILES string of the molecule is CCC(C)C(NC(=O)C(CS)NC(=O)C1CCCN1C(=O)CN)C(=O)NC(CC(C)C)C(=O)NC(CC(N)=O)C(=O)NC(CCCN=C(N)N)C(=O)O. The van der Waals surface area contributed by atoms with Gasteiger partial charge in [0.2, 0.25) is 41.4 Å². The highest BCUT2D eigenvalue weighted by Gasteiger charge is 2.37. The van der Waals surface area contributed by atoms with E-state index in [-0.39, 0.29) is 50.0 Å². The summed E-state index contributed by atoms with van der Waals surface area (Å²) >= 11 is 4.21. The van der Waals surface area contributed by atoms with Crippen LogP contribution >= 0.6 is 12.6 Å². The lowest BCUT2D eigenvalue weighted by atomic mass is 9.96. The molecule has 21 heteroatoms. The summed E-state index contributed by atoms with van der Waals surface area (Å²) in [6.45, 7) is 7.23. The molecule has 300 valence electrons. The number of nitrogens with two attached hydrogens (primary N) is 4. The van der Waals surface area contributed by atoms with Gasteiger partial charge in [0.15, 0.2) is 5.96 Å². The Kier molecular flexibility index (Phi) is 20.2. The number of hydrogen-bond acceptors (Lipinski definition) is 11. The summed E-state index contributed by atoms with van der Waals surface area (Å²) in [5.41, 5.74) is 21.4. The van der Waals surface area contributed by atoms with Gasteiger partial charge in [0, 0.05) is 18.8 Å². The molecule has 0 spiro atoms. The number of carboxylic acids is 1. The van der Waals surface area contributed by atoms with Gasteiger partial charge in [-0.15, -0.1) is 0 Å². The van der Waals surface area contributed by atoms with Crippen LogP contribution in [0.1, 0.15) is 72.6 Å². The van der Waals surface area contributed by atoms with Crippen molar-refractivity contribution in [3.05, 3.63) is 0 Å². The molecular formula is C32H57N11O9S. The van der Waals surface area contributed by atoms with Gasteiger partial charge in [0.25, 0.3) is 0 Å². The Morgan fingerprint density at radius 3 is 1.96 bits per heavy atom. The fourth-order valence-corrected chi connectivity index (χ4v) is 5.81. The first-order valence-electron chi connectivity index (χ1n) is 17.5. The van der Waals surface area contributed by atoms with Crippen molar-refractivity contribution < 1.29 is 43.5 Å². The Balaban J connectivity index is 3.16. The molecule has 7 amide bonds. The van der Waals surface area contributed by atoms with E-state index in [1.54, 1.807) is 27.7 Å². The molecule has 0 bridgehead atoms. The number of amides is 7. The number of guanidine groups is 1. The number of carboxylic acid groups (broad SMARTS) is 1. The zero-order valence-corrected chi connectivity index (χ0v) is 31.7. The summed E-state index contributed by atoms with van der Waals surface area (Å²) < 4.78 is 0. The molecule has 1 rings (SSSR count). The maximum Gasteiger partial charge on any atom is 0.326 e. The van der Waals surface area contributed by atoms with Gasteiger partial charge < -0.3 is 59.5 Å². The van der Waals surface area contributed by atoms with Gasteiger partial charge in [-0.2, -0.15) is 12.6 Å². The summed E-state index contributed by atoms with van der Waals surface area (Å²) in [4.78, 5) is 108. The molecule has 0 aliphatic carbocycles. The molecule has 0 aromatic heterocycles. The molecule has 0 aromatic carbocycles. The van der Waals surface area contributed by atoms with Gasteiger partial charge in [-0.3, -0.25) is 38.6 Å². The number of carbonyl (C=O) groups is 8. The molecule has 1 aliphatic rings. The van der Waals surface area contributed by atoms with Gasteiger partial charge in [0.05, 0.1) is 13.0 Å². The van der Waals surface area contributed by atoms with Crippen LogP contribution in [0.3, 0.4) is 0 Å². The molecule has 14 N–H and O–H groups in total. The fourth-order valence-electron chi connectivity index (χ4n) is 5.55. The lowest BCUT2D eigenvalue weighted by Crippen LogP contribution is -2.61. The summed E-state index contributed by atoms with van der Waals surface area (Å²) in [5.74, 6) is -7.59. The zero-order chi connectivity index (χ0) is 40.4. The van der Waals surface area contributed by atoms with Crippen LogP contribution < -0.4 is 49.5 Å². The highest BCUT2D eigenvalue weighted by atomic mass is 32.1. The van der Waals surface area contributed by atoms with E-state index in [0.29, 0.717) is 25.8 Å².